The van der Waals surface area contributed by atoms with Crippen LogP contribution < -0.4 is 0 Å². The molecule has 0 saturated carbocycles. The average molecular weight is 269 g/mol. The summed E-state index contributed by atoms with van der Waals surface area (Å²) >= 11 is 0. The summed E-state index contributed by atoms with van der Waals surface area (Å²) < 4.78 is 11.0. The predicted octanol–water partition coefficient (Wildman–Crippen LogP) is 0.950. The zero-order chi connectivity index (χ0) is 14.0. The van der Waals surface area contributed by atoms with Gasteiger partial charge in [-0.05, 0) is 19.9 Å². The van der Waals surface area contributed by atoms with Crippen molar-refractivity contribution in [3.63, 3.8) is 0 Å². The lowest BCUT2D eigenvalue weighted by Gasteiger charge is -2.42. The van der Waals surface area contributed by atoms with Gasteiger partial charge in [-0.25, -0.2) is 4.79 Å². The molecule has 6 nitrogen and oxygen atoms in total. The first kappa shape index (κ1) is 14.0. The van der Waals surface area contributed by atoms with Gasteiger partial charge in [-0.15, -0.1) is 0 Å². The van der Waals surface area contributed by atoms with Crippen LogP contribution in [0.15, 0.2) is 16.7 Å². The lowest BCUT2D eigenvalue weighted by molar-refractivity contribution is -0.151. The van der Waals surface area contributed by atoms with Gasteiger partial charge in [0, 0.05) is 13.1 Å². The number of aliphatic hydroxyl groups excluding tert-OH is 1. The Labute approximate surface area is 111 Å². The minimum Gasteiger partial charge on any atom is -0.478 e. The Bertz CT molecular complexity index is 454. The third kappa shape index (κ3) is 3.56. The van der Waals surface area contributed by atoms with Crippen molar-refractivity contribution in [2.45, 2.75) is 32.1 Å². The number of aliphatic hydroxyl groups is 1. The number of furan rings is 1. The van der Waals surface area contributed by atoms with Crippen molar-refractivity contribution >= 4 is 5.97 Å². The van der Waals surface area contributed by atoms with Crippen LogP contribution >= 0.6 is 0 Å². The molecule has 1 unspecified atom stereocenters. The number of hydrogen-bond acceptors (Lipinski definition) is 5. The van der Waals surface area contributed by atoms with E-state index in [0.29, 0.717) is 25.4 Å². The fourth-order valence-corrected chi connectivity index (χ4v) is 2.43. The second-order valence-corrected chi connectivity index (χ2v) is 5.46. The molecule has 0 radical (unpaired) electrons. The molecule has 0 amide bonds. The number of carbonyl (C=O) groups is 1. The summed E-state index contributed by atoms with van der Waals surface area (Å²) in [5.74, 6) is -0.391. The number of nitrogens with zero attached hydrogens (tertiary/aromatic N) is 1. The van der Waals surface area contributed by atoms with Crippen molar-refractivity contribution in [2.24, 2.45) is 0 Å². The van der Waals surface area contributed by atoms with Gasteiger partial charge < -0.3 is 19.4 Å². The molecule has 1 fully saturated rings. The quantitative estimate of drug-likeness (QED) is 0.846. The molecule has 0 aromatic carbocycles. The topological polar surface area (TPSA) is 83.1 Å². The maximum Gasteiger partial charge on any atom is 0.338 e. The second-order valence-electron chi connectivity index (χ2n) is 5.46. The van der Waals surface area contributed by atoms with Crippen molar-refractivity contribution in [1.82, 2.24) is 4.90 Å². The summed E-state index contributed by atoms with van der Waals surface area (Å²) in [6.07, 6.45) is 1.02. The van der Waals surface area contributed by atoms with Crippen LogP contribution in [0.4, 0.5) is 0 Å². The molecule has 0 aliphatic carbocycles. The summed E-state index contributed by atoms with van der Waals surface area (Å²) in [7, 11) is 0. The highest BCUT2D eigenvalue weighted by molar-refractivity contribution is 5.87. The van der Waals surface area contributed by atoms with Crippen LogP contribution in [0.1, 0.15) is 30.0 Å². The molecule has 1 atom stereocenters. The van der Waals surface area contributed by atoms with Gasteiger partial charge in [0.05, 0.1) is 30.4 Å². The zero-order valence-corrected chi connectivity index (χ0v) is 11.1. The predicted molar refractivity (Wildman–Crippen MR) is 67.0 cm³/mol. The van der Waals surface area contributed by atoms with Gasteiger partial charge in [0.1, 0.15) is 12.0 Å². The van der Waals surface area contributed by atoms with Gasteiger partial charge in [-0.1, -0.05) is 0 Å². The fourth-order valence-electron chi connectivity index (χ4n) is 2.43. The molecule has 0 spiro atoms. The van der Waals surface area contributed by atoms with E-state index >= 15 is 0 Å². The monoisotopic (exact) mass is 269 g/mol. The van der Waals surface area contributed by atoms with E-state index in [1.807, 2.05) is 13.8 Å². The highest BCUT2D eigenvalue weighted by Crippen LogP contribution is 2.22. The Morgan fingerprint density at radius 3 is 2.89 bits per heavy atom. The van der Waals surface area contributed by atoms with E-state index in [1.165, 1.54) is 12.3 Å². The number of ether oxygens (including phenoxy) is 1. The van der Waals surface area contributed by atoms with Crippen molar-refractivity contribution in [3.8, 4) is 0 Å². The fraction of sp³-hybridized carbons (Fsp3) is 0.615. The van der Waals surface area contributed by atoms with Crippen molar-refractivity contribution < 1.29 is 24.2 Å². The molecule has 2 heterocycles. The van der Waals surface area contributed by atoms with E-state index < -0.39 is 5.97 Å². The molecule has 106 valence electrons. The molecule has 1 aromatic rings. The van der Waals surface area contributed by atoms with Gasteiger partial charge in [0.2, 0.25) is 0 Å². The van der Waals surface area contributed by atoms with Crippen molar-refractivity contribution in [3.05, 3.63) is 23.7 Å². The summed E-state index contributed by atoms with van der Waals surface area (Å²) in [5, 5.41) is 18.1. The number of hydrogen-bond donors (Lipinski definition) is 2. The molecule has 2 rings (SSSR count). The summed E-state index contributed by atoms with van der Waals surface area (Å²) in [6, 6.07) is 1.53. The number of aromatic carboxylic acids is 1. The Morgan fingerprint density at radius 2 is 2.32 bits per heavy atom. The molecule has 1 aromatic heterocycles. The van der Waals surface area contributed by atoms with Crippen LogP contribution in [-0.2, 0) is 11.3 Å². The molecule has 2 N–H and O–H groups in total. The Hall–Kier alpha value is -1.37. The first-order chi connectivity index (χ1) is 8.89. The number of carboxylic acid groups (broad SMARTS) is 1. The van der Waals surface area contributed by atoms with E-state index in [1.54, 1.807) is 0 Å². The van der Waals surface area contributed by atoms with E-state index in [9.17, 15) is 9.90 Å². The Kier molecular flexibility index (Phi) is 3.93. The van der Waals surface area contributed by atoms with Crippen LogP contribution in [0.5, 0.6) is 0 Å². The molecular formula is C13H19NO5. The molecule has 1 aliphatic heterocycles. The minimum absolute atomic E-state index is 0.0293. The molecule has 1 saturated heterocycles. The molecule has 1 aliphatic rings. The van der Waals surface area contributed by atoms with Gasteiger partial charge in [-0.3, -0.25) is 4.90 Å². The maximum atomic E-state index is 10.8. The van der Waals surface area contributed by atoms with E-state index in [0.717, 1.165) is 0 Å². The zero-order valence-electron chi connectivity index (χ0n) is 11.1. The number of rotatable bonds is 4. The van der Waals surface area contributed by atoms with E-state index in [2.05, 4.69) is 4.90 Å². The Balaban J connectivity index is 2.02. The lowest BCUT2D eigenvalue weighted by atomic mass is 10.1. The summed E-state index contributed by atoms with van der Waals surface area (Å²) in [4.78, 5) is 12.9. The average Bonchev–Trinajstić information content (AvgIpc) is 2.75. The maximum absolute atomic E-state index is 10.8. The third-order valence-electron chi connectivity index (χ3n) is 3.04. The molecular weight excluding hydrogens is 250 g/mol. The van der Waals surface area contributed by atoms with E-state index in [-0.39, 0.29) is 23.9 Å². The van der Waals surface area contributed by atoms with Gasteiger partial charge >= 0.3 is 5.97 Å². The van der Waals surface area contributed by atoms with Crippen LogP contribution in [-0.4, -0.2) is 52.5 Å². The highest BCUT2D eigenvalue weighted by atomic mass is 16.5. The van der Waals surface area contributed by atoms with Crippen molar-refractivity contribution in [2.75, 3.05) is 19.7 Å². The largest absolute Gasteiger partial charge is 0.478 e. The van der Waals surface area contributed by atoms with Crippen LogP contribution in [0.3, 0.4) is 0 Å². The SMILES string of the molecule is CC1(C)CN(Cc2cc(C(=O)O)co2)CC(CO)O1. The highest BCUT2D eigenvalue weighted by Gasteiger charge is 2.33. The smallest absolute Gasteiger partial charge is 0.338 e. The number of morpholine rings is 1. The van der Waals surface area contributed by atoms with Gasteiger partial charge in [0.25, 0.3) is 0 Å². The van der Waals surface area contributed by atoms with Crippen LogP contribution in [0.2, 0.25) is 0 Å². The molecule has 6 heteroatoms. The summed E-state index contributed by atoms with van der Waals surface area (Å²) in [5.41, 5.74) is -0.186. The Morgan fingerprint density at radius 1 is 1.58 bits per heavy atom. The van der Waals surface area contributed by atoms with Gasteiger partial charge in [-0.2, -0.15) is 0 Å². The first-order valence-electron chi connectivity index (χ1n) is 6.21. The third-order valence-corrected chi connectivity index (χ3v) is 3.04. The minimum atomic E-state index is -0.995. The van der Waals surface area contributed by atoms with Crippen molar-refractivity contribution in [1.29, 1.82) is 0 Å². The normalized spacial score (nSPS) is 23.4. The standard InChI is InChI=1S/C13H19NO5/c1-13(2)8-14(5-11(6-15)19-13)4-10-3-9(7-18-10)12(16)17/h3,7,11,15H,4-6,8H2,1-2H3,(H,16,17). The lowest BCUT2D eigenvalue weighted by Crippen LogP contribution is -2.53. The molecule has 0 bridgehead atoms. The molecule has 19 heavy (non-hydrogen) atoms. The number of carboxylic acids is 1. The van der Waals surface area contributed by atoms with Crippen LogP contribution in [0, 0.1) is 0 Å². The summed E-state index contributed by atoms with van der Waals surface area (Å²) in [6.45, 7) is 5.71. The van der Waals surface area contributed by atoms with Crippen LogP contribution in [0.25, 0.3) is 0 Å². The first-order valence-corrected chi connectivity index (χ1v) is 6.21. The van der Waals surface area contributed by atoms with E-state index in [4.69, 9.17) is 14.3 Å². The van der Waals surface area contributed by atoms with Gasteiger partial charge in [0.15, 0.2) is 0 Å². The second kappa shape index (κ2) is 5.32.